The van der Waals surface area contributed by atoms with Gasteiger partial charge in [-0.15, -0.1) is 0 Å². The lowest BCUT2D eigenvalue weighted by Gasteiger charge is -2.15. The van der Waals surface area contributed by atoms with Gasteiger partial charge in [0.1, 0.15) is 17.2 Å². The standard InChI is InChI=1S/C19H21NO6/c1-13(14-6-8-15(9-7-14)26-12-19(22)23)20-18(21)11-25-17-5-3-4-16(10-17)24-2/h3-10,13H,11-12H2,1-2H3,(H,20,21)(H,22,23). The minimum atomic E-state index is -1.04. The maximum Gasteiger partial charge on any atom is 0.341 e. The van der Waals surface area contributed by atoms with Crippen LogP contribution in [0.2, 0.25) is 0 Å². The number of ether oxygens (including phenoxy) is 3. The number of carboxylic acids is 1. The average molecular weight is 359 g/mol. The Bertz CT molecular complexity index is 744. The molecule has 138 valence electrons. The number of amides is 1. The molecule has 26 heavy (non-hydrogen) atoms. The van der Waals surface area contributed by atoms with E-state index in [-0.39, 0.29) is 18.6 Å². The van der Waals surface area contributed by atoms with Crippen molar-refractivity contribution in [2.24, 2.45) is 0 Å². The van der Waals surface area contributed by atoms with Crippen molar-refractivity contribution in [1.82, 2.24) is 5.32 Å². The summed E-state index contributed by atoms with van der Waals surface area (Å²) in [7, 11) is 1.56. The third-order valence-corrected chi connectivity index (χ3v) is 3.53. The van der Waals surface area contributed by atoms with Gasteiger partial charge < -0.3 is 24.6 Å². The Kier molecular flexibility index (Phi) is 6.84. The van der Waals surface area contributed by atoms with Crippen LogP contribution in [0.5, 0.6) is 17.2 Å². The van der Waals surface area contributed by atoms with Crippen molar-refractivity contribution in [2.75, 3.05) is 20.3 Å². The topological polar surface area (TPSA) is 94.1 Å². The zero-order valence-electron chi connectivity index (χ0n) is 14.6. The zero-order valence-corrected chi connectivity index (χ0v) is 14.6. The normalized spacial score (nSPS) is 11.3. The number of benzene rings is 2. The number of methoxy groups -OCH3 is 1. The number of carboxylic acid groups (broad SMARTS) is 1. The molecule has 0 aromatic heterocycles. The molecule has 7 heteroatoms. The molecular formula is C19H21NO6. The summed E-state index contributed by atoms with van der Waals surface area (Å²) in [5.74, 6) is 0.363. The molecule has 0 spiro atoms. The van der Waals surface area contributed by atoms with Gasteiger partial charge in [0.15, 0.2) is 13.2 Å². The largest absolute Gasteiger partial charge is 0.497 e. The van der Waals surface area contributed by atoms with Gasteiger partial charge in [-0.2, -0.15) is 0 Å². The number of nitrogens with one attached hydrogen (secondary N) is 1. The quantitative estimate of drug-likeness (QED) is 0.714. The SMILES string of the molecule is COc1cccc(OCC(=O)NC(C)c2ccc(OCC(=O)O)cc2)c1. The highest BCUT2D eigenvalue weighted by Gasteiger charge is 2.11. The number of carbonyl (C=O) groups excluding carboxylic acids is 1. The van der Waals surface area contributed by atoms with E-state index in [1.54, 1.807) is 55.6 Å². The monoisotopic (exact) mass is 359 g/mol. The molecule has 0 fully saturated rings. The maximum absolute atomic E-state index is 12.0. The Balaban J connectivity index is 1.83. The van der Waals surface area contributed by atoms with Gasteiger partial charge in [-0.3, -0.25) is 4.79 Å². The van der Waals surface area contributed by atoms with Crippen molar-refractivity contribution in [3.63, 3.8) is 0 Å². The van der Waals surface area contributed by atoms with E-state index in [4.69, 9.17) is 19.3 Å². The second-order valence-corrected chi connectivity index (χ2v) is 5.51. The van der Waals surface area contributed by atoms with Crippen LogP contribution in [0.15, 0.2) is 48.5 Å². The molecule has 2 rings (SSSR count). The number of aliphatic carboxylic acids is 1. The van der Waals surface area contributed by atoms with E-state index in [2.05, 4.69) is 5.32 Å². The summed E-state index contributed by atoms with van der Waals surface area (Å²) in [6.07, 6.45) is 0. The number of carbonyl (C=O) groups is 2. The number of hydrogen-bond acceptors (Lipinski definition) is 5. The van der Waals surface area contributed by atoms with Crippen LogP contribution >= 0.6 is 0 Å². The van der Waals surface area contributed by atoms with Crippen LogP contribution in [0.4, 0.5) is 0 Å². The van der Waals surface area contributed by atoms with E-state index < -0.39 is 12.6 Å². The lowest BCUT2D eigenvalue weighted by molar-refractivity contribution is -0.139. The molecule has 7 nitrogen and oxygen atoms in total. The van der Waals surface area contributed by atoms with Crippen molar-refractivity contribution in [1.29, 1.82) is 0 Å². The molecule has 2 N–H and O–H groups in total. The Morgan fingerprint density at radius 2 is 1.65 bits per heavy atom. The van der Waals surface area contributed by atoms with Gasteiger partial charge in [-0.05, 0) is 36.8 Å². The van der Waals surface area contributed by atoms with Crippen LogP contribution < -0.4 is 19.5 Å². The molecule has 1 amide bonds. The molecule has 0 aliphatic heterocycles. The molecule has 1 atom stereocenters. The molecule has 0 saturated carbocycles. The molecule has 0 radical (unpaired) electrons. The van der Waals surface area contributed by atoms with Gasteiger partial charge in [0.25, 0.3) is 5.91 Å². The molecule has 0 bridgehead atoms. The number of hydrogen-bond donors (Lipinski definition) is 2. The lowest BCUT2D eigenvalue weighted by Crippen LogP contribution is -2.31. The van der Waals surface area contributed by atoms with Crippen molar-refractivity contribution < 1.29 is 28.9 Å². The Labute approximate surface area is 151 Å². The van der Waals surface area contributed by atoms with Crippen LogP contribution in [0, 0.1) is 0 Å². The maximum atomic E-state index is 12.0. The van der Waals surface area contributed by atoms with Crippen LogP contribution in [-0.2, 0) is 9.59 Å². The first-order valence-corrected chi connectivity index (χ1v) is 7.98. The Hall–Kier alpha value is -3.22. The highest BCUT2D eigenvalue weighted by atomic mass is 16.5. The van der Waals surface area contributed by atoms with Crippen molar-refractivity contribution in [3.05, 3.63) is 54.1 Å². The third kappa shape index (κ3) is 6.01. The van der Waals surface area contributed by atoms with Crippen LogP contribution in [0.25, 0.3) is 0 Å². The van der Waals surface area contributed by atoms with Gasteiger partial charge in [0.2, 0.25) is 0 Å². The lowest BCUT2D eigenvalue weighted by atomic mass is 10.1. The predicted molar refractivity (Wildman–Crippen MR) is 94.6 cm³/mol. The van der Waals surface area contributed by atoms with Crippen molar-refractivity contribution in [3.8, 4) is 17.2 Å². The second-order valence-electron chi connectivity index (χ2n) is 5.51. The first kappa shape index (κ1) is 19.1. The van der Waals surface area contributed by atoms with Crippen LogP contribution in [0.3, 0.4) is 0 Å². The minimum absolute atomic E-state index is 0.114. The molecule has 0 aliphatic carbocycles. The molecule has 1 unspecified atom stereocenters. The van der Waals surface area contributed by atoms with E-state index in [0.29, 0.717) is 17.2 Å². The summed E-state index contributed by atoms with van der Waals surface area (Å²) >= 11 is 0. The van der Waals surface area contributed by atoms with E-state index in [1.807, 2.05) is 6.92 Å². The fourth-order valence-electron chi connectivity index (χ4n) is 2.20. The average Bonchev–Trinajstić information content (AvgIpc) is 2.65. The van der Waals surface area contributed by atoms with E-state index in [1.165, 1.54) is 0 Å². The summed E-state index contributed by atoms with van der Waals surface area (Å²) < 4.78 is 15.6. The van der Waals surface area contributed by atoms with Crippen LogP contribution in [0.1, 0.15) is 18.5 Å². The molecule has 0 saturated heterocycles. The zero-order chi connectivity index (χ0) is 18.9. The van der Waals surface area contributed by atoms with E-state index in [0.717, 1.165) is 5.56 Å². The fourth-order valence-corrected chi connectivity index (χ4v) is 2.20. The second kappa shape index (κ2) is 9.31. The Morgan fingerprint density at radius 3 is 2.31 bits per heavy atom. The van der Waals surface area contributed by atoms with Crippen LogP contribution in [-0.4, -0.2) is 37.3 Å². The van der Waals surface area contributed by atoms with Gasteiger partial charge in [0.05, 0.1) is 13.2 Å². The van der Waals surface area contributed by atoms with Gasteiger partial charge in [-0.25, -0.2) is 4.79 Å². The van der Waals surface area contributed by atoms with E-state index >= 15 is 0 Å². The first-order chi connectivity index (χ1) is 12.5. The third-order valence-electron chi connectivity index (χ3n) is 3.53. The highest BCUT2D eigenvalue weighted by molar-refractivity contribution is 5.78. The highest BCUT2D eigenvalue weighted by Crippen LogP contribution is 2.19. The minimum Gasteiger partial charge on any atom is -0.497 e. The molecule has 0 heterocycles. The fraction of sp³-hybridized carbons (Fsp3) is 0.263. The summed E-state index contributed by atoms with van der Waals surface area (Å²) in [6.45, 7) is 1.33. The summed E-state index contributed by atoms with van der Waals surface area (Å²) in [5, 5.41) is 11.4. The van der Waals surface area contributed by atoms with Gasteiger partial charge in [-0.1, -0.05) is 18.2 Å². The number of rotatable bonds is 9. The molecule has 0 aliphatic rings. The Morgan fingerprint density at radius 1 is 1.00 bits per heavy atom. The smallest absolute Gasteiger partial charge is 0.341 e. The molecule has 2 aromatic rings. The summed E-state index contributed by atoms with van der Waals surface area (Å²) in [4.78, 5) is 22.5. The van der Waals surface area contributed by atoms with Crippen molar-refractivity contribution >= 4 is 11.9 Å². The summed E-state index contributed by atoms with van der Waals surface area (Å²) in [6, 6.07) is 13.6. The van der Waals surface area contributed by atoms with E-state index in [9.17, 15) is 9.59 Å². The van der Waals surface area contributed by atoms with Gasteiger partial charge >= 0.3 is 5.97 Å². The molecule has 2 aromatic carbocycles. The molecular weight excluding hydrogens is 338 g/mol. The van der Waals surface area contributed by atoms with Gasteiger partial charge in [0, 0.05) is 6.07 Å². The summed E-state index contributed by atoms with van der Waals surface area (Å²) in [5.41, 5.74) is 0.863. The first-order valence-electron chi connectivity index (χ1n) is 7.98. The van der Waals surface area contributed by atoms with Crippen molar-refractivity contribution in [2.45, 2.75) is 13.0 Å². The predicted octanol–water partition coefficient (Wildman–Crippen LogP) is 2.41.